The van der Waals surface area contributed by atoms with E-state index in [1.807, 2.05) is 60.7 Å². The van der Waals surface area contributed by atoms with Gasteiger partial charge >= 0.3 is 0 Å². The highest BCUT2D eigenvalue weighted by molar-refractivity contribution is 8.18. The van der Waals surface area contributed by atoms with Crippen LogP contribution in [-0.4, -0.2) is 29.3 Å². The van der Waals surface area contributed by atoms with Gasteiger partial charge in [-0.05, 0) is 71.4 Å². The van der Waals surface area contributed by atoms with Crippen molar-refractivity contribution in [2.45, 2.75) is 13.2 Å². The Morgan fingerprint density at radius 2 is 1.83 bits per heavy atom. The summed E-state index contributed by atoms with van der Waals surface area (Å²) in [5, 5.41) is 10.2. The van der Waals surface area contributed by atoms with E-state index in [0.717, 1.165) is 16.7 Å². The minimum atomic E-state index is -0.174. The van der Waals surface area contributed by atoms with Crippen molar-refractivity contribution in [2.75, 3.05) is 7.11 Å². The molecule has 3 aromatic carbocycles. The quantitative estimate of drug-likeness (QED) is 0.102. The molecule has 1 fully saturated rings. The van der Waals surface area contributed by atoms with Gasteiger partial charge in [0.15, 0.2) is 16.7 Å². The van der Waals surface area contributed by atoms with E-state index < -0.39 is 0 Å². The summed E-state index contributed by atoms with van der Waals surface area (Å²) in [5.41, 5.74) is 2.58. The zero-order valence-corrected chi connectivity index (χ0v) is 24.8. The number of methoxy groups -OCH3 is 1. The molecule has 0 aliphatic carbocycles. The Bertz CT molecular complexity index is 1670. The number of carbonyl (C=O) groups excluding carboxylic acids is 1. The van der Waals surface area contributed by atoms with Crippen LogP contribution in [-0.2, 0) is 17.9 Å². The van der Waals surface area contributed by atoms with Gasteiger partial charge in [0, 0.05) is 15.6 Å². The lowest BCUT2D eigenvalue weighted by molar-refractivity contribution is -0.122. The van der Waals surface area contributed by atoms with Crippen LogP contribution in [0.1, 0.15) is 22.5 Å². The van der Waals surface area contributed by atoms with Crippen LogP contribution in [0.4, 0.5) is 0 Å². The van der Waals surface area contributed by atoms with Crippen molar-refractivity contribution in [1.82, 2.24) is 4.90 Å². The Morgan fingerprint density at radius 1 is 0.976 bits per heavy atom. The summed E-state index contributed by atoms with van der Waals surface area (Å²) in [7, 11) is 1.56. The number of amides is 1. The number of furan rings is 1. The summed E-state index contributed by atoms with van der Waals surface area (Å²) in [6.45, 7) is 0.491. The van der Waals surface area contributed by atoms with Crippen LogP contribution in [0.15, 0.2) is 117 Å². The largest absolute Gasteiger partial charge is 0.493 e. The molecule has 0 bridgehead atoms. The summed E-state index contributed by atoms with van der Waals surface area (Å²) in [6, 6.07) is 24.1. The fourth-order valence-corrected chi connectivity index (χ4v) is 5.28. The number of carbonyl (C=O) groups is 1. The molecule has 0 unspecified atom stereocenters. The van der Waals surface area contributed by atoms with Crippen molar-refractivity contribution < 1.29 is 18.7 Å². The van der Waals surface area contributed by atoms with Gasteiger partial charge in [0.25, 0.3) is 5.91 Å². The van der Waals surface area contributed by atoms with E-state index in [4.69, 9.17) is 37.1 Å². The number of thioether (sulfide) groups is 1. The first-order valence-corrected chi connectivity index (χ1v) is 14.4. The minimum absolute atomic E-state index is 0.174. The lowest BCUT2D eigenvalue weighted by Crippen LogP contribution is -2.28. The van der Waals surface area contributed by atoms with Crippen LogP contribution in [0.25, 0.3) is 6.08 Å². The Morgan fingerprint density at radius 3 is 2.60 bits per heavy atom. The van der Waals surface area contributed by atoms with E-state index in [1.165, 1.54) is 11.8 Å². The number of halogens is 2. The first-order chi connectivity index (χ1) is 20.5. The summed E-state index contributed by atoms with van der Waals surface area (Å²) < 4.78 is 16.9. The number of hydrogen-bond donors (Lipinski definition) is 0. The molecule has 0 spiro atoms. The second-order valence-electron chi connectivity index (χ2n) is 8.94. The molecule has 0 radical (unpaired) electrons. The van der Waals surface area contributed by atoms with Gasteiger partial charge in [0.05, 0.1) is 31.0 Å². The summed E-state index contributed by atoms with van der Waals surface area (Å²) in [5.74, 6) is 1.54. The van der Waals surface area contributed by atoms with Gasteiger partial charge in [-0.3, -0.25) is 9.69 Å². The molecule has 4 aromatic rings. The molecular weight excluding hydrogens is 593 g/mol. The van der Waals surface area contributed by atoms with E-state index in [0.29, 0.717) is 37.4 Å². The van der Waals surface area contributed by atoms with Crippen LogP contribution in [0.3, 0.4) is 0 Å². The van der Waals surface area contributed by atoms with Gasteiger partial charge < -0.3 is 13.9 Å². The molecule has 1 saturated heterocycles. The van der Waals surface area contributed by atoms with E-state index in [9.17, 15) is 4.79 Å². The van der Waals surface area contributed by atoms with Gasteiger partial charge in [0.2, 0.25) is 0 Å². The van der Waals surface area contributed by atoms with E-state index >= 15 is 0 Å². The van der Waals surface area contributed by atoms with Crippen LogP contribution in [0, 0.1) is 0 Å². The number of rotatable bonds is 10. The van der Waals surface area contributed by atoms with Gasteiger partial charge in [-0.2, -0.15) is 5.10 Å². The average Bonchev–Trinajstić information content (AvgIpc) is 3.62. The predicted octanol–water partition coefficient (Wildman–Crippen LogP) is 8.24. The van der Waals surface area contributed by atoms with Crippen molar-refractivity contribution in [2.24, 2.45) is 10.2 Å². The van der Waals surface area contributed by atoms with Crippen molar-refractivity contribution in [1.29, 1.82) is 0 Å². The van der Waals surface area contributed by atoms with Gasteiger partial charge in [-0.25, -0.2) is 0 Å². The number of nitrogens with zero attached hydrogens (tertiary/aromatic N) is 3. The normalized spacial score (nSPS) is 15.5. The zero-order chi connectivity index (χ0) is 29.3. The molecule has 212 valence electrons. The van der Waals surface area contributed by atoms with E-state index in [-0.39, 0.29) is 19.1 Å². The highest BCUT2D eigenvalue weighted by atomic mass is 35.5. The molecule has 10 heteroatoms. The van der Waals surface area contributed by atoms with Crippen LogP contribution < -0.4 is 9.47 Å². The molecule has 5 rings (SSSR count). The average molecular weight is 619 g/mol. The smallest absolute Gasteiger partial charge is 0.267 e. The second-order valence-corrected chi connectivity index (χ2v) is 10.8. The maximum Gasteiger partial charge on any atom is 0.267 e. The molecular formula is C32H25Cl2N3O4S. The number of amidine groups is 1. The number of allylic oxidation sites excluding steroid dienone is 2. The van der Waals surface area contributed by atoms with Crippen molar-refractivity contribution in [3.8, 4) is 11.5 Å². The topological polar surface area (TPSA) is 76.6 Å². The lowest BCUT2D eigenvalue weighted by Gasteiger charge is -2.13. The fraction of sp³-hybridized carbons (Fsp3) is 0.0938. The summed E-state index contributed by atoms with van der Waals surface area (Å²) >= 11 is 13.5. The molecule has 1 aliphatic heterocycles. The molecule has 1 aliphatic rings. The SMILES string of the molecule is COc1cc(/C=N/N=C2\S/C(=C\C=C\c3ccccc3)C(=O)N2Cc2ccco2)ccc1OCc1ccc(Cl)cc1Cl. The predicted molar refractivity (Wildman–Crippen MR) is 169 cm³/mol. The highest BCUT2D eigenvalue weighted by Crippen LogP contribution is 2.33. The third-order valence-corrected chi connectivity index (χ3v) is 7.66. The van der Waals surface area contributed by atoms with Gasteiger partial charge in [-0.15, -0.1) is 5.10 Å². The first kappa shape index (κ1) is 29.3. The molecule has 0 N–H and O–H groups in total. The lowest BCUT2D eigenvalue weighted by atomic mass is 10.2. The van der Waals surface area contributed by atoms with E-state index in [2.05, 4.69) is 10.2 Å². The Kier molecular flexibility index (Phi) is 9.82. The minimum Gasteiger partial charge on any atom is -0.493 e. The Balaban J connectivity index is 1.31. The molecule has 1 amide bonds. The summed E-state index contributed by atoms with van der Waals surface area (Å²) in [6.07, 6.45) is 8.73. The molecule has 7 nitrogen and oxygen atoms in total. The van der Waals surface area contributed by atoms with Crippen molar-refractivity contribution in [3.05, 3.63) is 135 Å². The van der Waals surface area contributed by atoms with Crippen LogP contribution in [0.2, 0.25) is 10.0 Å². The Labute approximate surface area is 257 Å². The monoisotopic (exact) mass is 617 g/mol. The Hall–Kier alpha value is -4.24. The number of benzene rings is 3. The summed E-state index contributed by atoms with van der Waals surface area (Å²) in [4.78, 5) is 15.3. The third-order valence-electron chi connectivity index (χ3n) is 6.05. The molecule has 0 saturated carbocycles. The zero-order valence-electron chi connectivity index (χ0n) is 22.4. The van der Waals surface area contributed by atoms with Crippen molar-refractivity contribution in [3.63, 3.8) is 0 Å². The highest BCUT2D eigenvalue weighted by Gasteiger charge is 2.33. The first-order valence-electron chi connectivity index (χ1n) is 12.8. The number of hydrogen-bond acceptors (Lipinski definition) is 7. The van der Waals surface area contributed by atoms with Crippen LogP contribution >= 0.6 is 35.0 Å². The third kappa shape index (κ3) is 7.53. The van der Waals surface area contributed by atoms with Gasteiger partial charge in [-0.1, -0.05) is 71.8 Å². The van der Waals surface area contributed by atoms with Gasteiger partial charge in [0.1, 0.15) is 12.4 Å². The maximum absolute atomic E-state index is 13.2. The molecule has 42 heavy (non-hydrogen) atoms. The standard InChI is InChI=1S/C32H25Cl2N3O4S/c1-39-29-17-23(12-15-28(29)41-21-24-13-14-25(33)18-27(24)34)19-35-36-32-37(20-26-10-6-16-40-26)31(38)30(42-32)11-5-9-22-7-3-2-4-8-22/h2-19H,20-21H2,1H3/b9-5+,30-11-,35-19+,36-32-. The second kappa shape index (κ2) is 14.1. The maximum atomic E-state index is 13.2. The van der Waals surface area contributed by atoms with E-state index in [1.54, 1.807) is 60.9 Å². The van der Waals surface area contributed by atoms with Crippen molar-refractivity contribution >= 4 is 58.3 Å². The molecule has 2 heterocycles. The molecule has 0 atom stereocenters. The fourth-order valence-electron chi connectivity index (χ4n) is 3.93. The molecule has 1 aromatic heterocycles. The number of ether oxygens (including phenoxy) is 2. The van der Waals surface area contributed by atoms with Crippen LogP contribution in [0.5, 0.6) is 11.5 Å².